The lowest BCUT2D eigenvalue weighted by molar-refractivity contribution is 0.551. The van der Waals surface area contributed by atoms with Crippen molar-refractivity contribution in [1.82, 2.24) is 4.72 Å². The van der Waals surface area contributed by atoms with Gasteiger partial charge in [-0.2, -0.15) is 0 Å². The second-order valence-corrected chi connectivity index (χ2v) is 9.01. The standard InChI is InChI=1S/C19H23NO2S/c1-18(2,3)15-9-11-17(12-10-15)23(21,22)20-19(13-14-19)16-7-5-4-6-8-16/h4-12,20H,13-14H2,1-3H3. The summed E-state index contributed by atoms with van der Waals surface area (Å²) in [7, 11) is -3.52. The van der Waals surface area contributed by atoms with E-state index in [-0.39, 0.29) is 5.41 Å². The molecule has 1 fully saturated rings. The quantitative estimate of drug-likeness (QED) is 0.923. The maximum atomic E-state index is 12.7. The molecule has 23 heavy (non-hydrogen) atoms. The molecule has 0 amide bonds. The van der Waals surface area contributed by atoms with Crippen molar-refractivity contribution in [2.75, 3.05) is 0 Å². The zero-order valence-corrected chi connectivity index (χ0v) is 14.7. The molecule has 1 aliphatic carbocycles. The zero-order chi connectivity index (χ0) is 16.7. The second kappa shape index (κ2) is 5.46. The van der Waals surface area contributed by atoms with E-state index in [1.54, 1.807) is 12.1 Å². The van der Waals surface area contributed by atoms with Crippen LogP contribution < -0.4 is 4.72 Å². The molecule has 0 spiro atoms. The van der Waals surface area contributed by atoms with Crippen molar-refractivity contribution < 1.29 is 8.42 Å². The minimum atomic E-state index is -3.52. The van der Waals surface area contributed by atoms with E-state index in [1.165, 1.54) is 0 Å². The van der Waals surface area contributed by atoms with Crippen LogP contribution in [0.5, 0.6) is 0 Å². The van der Waals surface area contributed by atoms with Crippen molar-refractivity contribution in [3.8, 4) is 0 Å². The van der Waals surface area contributed by atoms with Gasteiger partial charge in [-0.3, -0.25) is 0 Å². The van der Waals surface area contributed by atoms with Gasteiger partial charge in [-0.05, 0) is 41.5 Å². The Morgan fingerprint density at radius 2 is 1.48 bits per heavy atom. The molecule has 3 nitrogen and oxygen atoms in total. The Hall–Kier alpha value is -1.65. The largest absolute Gasteiger partial charge is 0.241 e. The van der Waals surface area contributed by atoms with E-state index in [0.29, 0.717) is 4.90 Å². The van der Waals surface area contributed by atoms with Crippen molar-refractivity contribution in [2.24, 2.45) is 0 Å². The third kappa shape index (κ3) is 3.33. The first-order chi connectivity index (χ1) is 10.7. The molecule has 0 aliphatic heterocycles. The molecule has 1 N–H and O–H groups in total. The van der Waals surface area contributed by atoms with Gasteiger partial charge in [-0.1, -0.05) is 63.2 Å². The minimum Gasteiger partial charge on any atom is -0.207 e. The lowest BCUT2D eigenvalue weighted by Gasteiger charge is -2.20. The molecule has 2 aromatic rings. The molecule has 0 atom stereocenters. The SMILES string of the molecule is CC(C)(C)c1ccc(S(=O)(=O)NC2(c3ccccc3)CC2)cc1. The van der Waals surface area contributed by atoms with Gasteiger partial charge >= 0.3 is 0 Å². The molecule has 0 aromatic heterocycles. The minimum absolute atomic E-state index is 0.0114. The molecule has 2 aromatic carbocycles. The van der Waals surface area contributed by atoms with Crippen LogP contribution in [0, 0.1) is 0 Å². The van der Waals surface area contributed by atoms with Crippen LogP contribution in [-0.2, 0) is 21.0 Å². The highest BCUT2D eigenvalue weighted by atomic mass is 32.2. The fraction of sp³-hybridized carbons (Fsp3) is 0.368. The molecular formula is C19H23NO2S. The van der Waals surface area contributed by atoms with Gasteiger partial charge < -0.3 is 0 Å². The number of nitrogens with one attached hydrogen (secondary N) is 1. The molecule has 1 saturated carbocycles. The summed E-state index contributed by atoms with van der Waals surface area (Å²) in [5.74, 6) is 0. The van der Waals surface area contributed by atoms with E-state index >= 15 is 0 Å². The van der Waals surface area contributed by atoms with Crippen molar-refractivity contribution >= 4 is 10.0 Å². The molecule has 1 aliphatic rings. The van der Waals surface area contributed by atoms with Gasteiger partial charge in [-0.15, -0.1) is 0 Å². The Labute approximate surface area is 138 Å². The van der Waals surface area contributed by atoms with Gasteiger partial charge in [0.25, 0.3) is 0 Å². The number of hydrogen-bond donors (Lipinski definition) is 1. The molecular weight excluding hydrogens is 306 g/mol. The lowest BCUT2D eigenvalue weighted by atomic mass is 9.87. The number of rotatable bonds is 4. The van der Waals surface area contributed by atoms with E-state index < -0.39 is 15.6 Å². The topological polar surface area (TPSA) is 46.2 Å². The van der Waals surface area contributed by atoms with Crippen molar-refractivity contribution in [1.29, 1.82) is 0 Å². The normalized spacial score (nSPS) is 17.0. The van der Waals surface area contributed by atoms with Crippen molar-refractivity contribution in [3.63, 3.8) is 0 Å². The second-order valence-electron chi connectivity index (χ2n) is 7.33. The number of benzene rings is 2. The Morgan fingerprint density at radius 3 is 1.96 bits per heavy atom. The van der Waals surface area contributed by atoms with Gasteiger partial charge in [0.15, 0.2) is 0 Å². The van der Waals surface area contributed by atoms with Gasteiger partial charge in [0.1, 0.15) is 0 Å². The first kappa shape index (κ1) is 16.2. The molecule has 122 valence electrons. The van der Waals surface area contributed by atoms with Crippen LogP contribution in [0.15, 0.2) is 59.5 Å². The Bertz CT molecular complexity index is 784. The van der Waals surface area contributed by atoms with Crippen molar-refractivity contribution in [3.05, 3.63) is 65.7 Å². The van der Waals surface area contributed by atoms with Crippen molar-refractivity contribution in [2.45, 2.75) is 49.5 Å². The smallest absolute Gasteiger partial charge is 0.207 e. The monoisotopic (exact) mass is 329 g/mol. The average Bonchev–Trinajstić information content (AvgIpc) is 3.28. The summed E-state index contributed by atoms with van der Waals surface area (Å²) in [6.45, 7) is 6.34. The van der Waals surface area contributed by atoms with Crippen LogP contribution in [-0.4, -0.2) is 8.42 Å². The highest BCUT2D eigenvalue weighted by molar-refractivity contribution is 7.89. The molecule has 0 radical (unpaired) electrons. The van der Waals surface area contributed by atoms with Crippen LogP contribution in [0.25, 0.3) is 0 Å². The number of sulfonamides is 1. The van der Waals surface area contributed by atoms with Crippen LogP contribution in [0.4, 0.5) is 0 Å². The van der Waals surface area contributed by atoms with E-state index in [2.05, 4.69) is 25.5 Å². The molecule has 0 saturated heterocycles. The molecule has 0 heterocycles. The zero-order valence-electron chi connectivity index (χ0n) is 13.8. The Kier molecular flexibility index (Phi) is 3.85. The van der Waals surface area contributed by atoms with Gasteiger partial charge in [0, 0.05) is 0 Å². The summed E-state index contributed by atoms with van der Waals surface area (Å²) in [6.07, 6.45) is 1.69. The highest BCUT2D eigenvalue weighted by Crippen LogP contribution is 2.46. The van der Waals surface area contributed by atoms with Crippen LogP contribution in [0.3, 0.4) is 0 Å². The van der Waals surface area contributed by atoms with E-state index in [9.17, 15) is 8.42 Å². The van der Waals surface area contributed by atoms with Gasteiger partial charge in [-0.25, -0.2) is 13.1 Å². The Morgan fingerprint density at radius 1 is 0.913 bits per heavy atom. The van der Waals surface area contributed by atoms with Gasteiger partial charge in [0.05, 0.1) is 10.4 Å². The van der Waals surface area contributed by atoms with Crippen LogP contribution >= 0.6 is 0 Å². The van der Waals surface area contributed by atoms with E-state index in [0.717, 1.165) is 24.0 Å². The third-order valence-corrected chi connectivity index (χ3v) is 5.99. The predicted molar refractivity (Wildman–Crippen MR) is 92.8 cm³/mol. The molecule has 4 heteroatoms. The predicted octanol–water partition coefficient (Wildman–Crippen LogP) is 3.95. The first-order valence-corrected chi connectivity index (χ1v) is 9.41. The average molecular weight is 329 g/mol. The summed E-state index contributed by atoms with van der Waals surface area (Å²) in [5.41, 5.74) is 1.75. The van der Waals surface area contributed by atoms with E-state index in [1.807, 2.05) is 42.5 Å². The highest BCUT2D eigenvalue weighted by Gasteiger charge is 2.47. The van der Waals surface area contributed by atoms with Crippen LogP contribution in [0.1, 0.15) is 44.7 Å². The van der Waals surface area contributed by atoms with Gasteiger partial charge in [0.2, 0.25) is 10.0 Å². The maximum Gasteiger partial charge on any atom is 0.241 e. The molecule has 0 bridgehead atoms. The summed E-state index contributed by atoms with van der Waals surface area (Å²) in [4.78, 5) is 0.327. The summed E-state index contributed by atoms with van der Waals surface area (Å²) in [6, 6.07) is 17.0. The lowest BCUT2D eigenvalue weighted by Crippen LogP contribution is -2.34. The summed E-state index contributed by atoms with van der Waals surface area (Å²) in [5, 5.41) is 0. The molecule has 0 unspecified atom stereocenters. The molecule has 3 rings (SSSR count). The summed E-state index contributed by atoms with van der Waals surface area (Å²) < 4.78 is 28.3. The number of hydrogen-bond acceptors (Lipinski definition) is 2. The fourth-order valence-electron chi connectivity index (χ4n) is 2.78. The maximum absolute atomic E-state index is 12.7. The first-order valence-electron chi connectivity index (χ1n) is 7.93. The van der Waals surface area contributed by atoms with E-state index in [4.69, 9.17) is 0 Å². The third-order valence-electron chi connectivity index (χ3n) is 4.44. The van der Waals surface area contributed by atoms with Crippen LogP contribution in [0.2, 0.25) is 0 Å². The fourth-order valence-corrected chi connectivity index (χ4v) is 4.23. The summed E-state index contributed by atoms with van der Waals surface area (Å²) >= 11 is 0. The Balaban J connectivity index is 1.85.